The third-order valence-corrected chi connectivity index (χ3v) is 4.95. The van der Waals surface area contributed by atoms with Crippen LogP contribution in [0.4, 0.5) is 0 Å². The molecular formula is C22H26Cl2N2O2. The number of nitrogens with zero attached hydrogens (tertiary/aromatic N) is 1. The fourth-order valence-electron chi connectivity index (χ4n) is 2.97. The highest BCUT2D eigenvalue weighted by Crippen LogP contribution is 2.24. The molecule has 6 heteroatoms. The molecule has 2 rings (SSSR count). The summed E-state index contributed by atoms with van der Waals surface area (Å²) >= 11 is 12.3. The van der Waals surface area contributed by atoms with E-state index < -0.39 is 6.04 Å². The van der Waals surface area contributed by atoms with E-state index in [1.807, 2.05) is 44.2 Å². The molecule has 0 fully saturated rings. The van der Waals surface area contributed by atoms with Crippen LogP contribution in [0.3, 0.4) is 0 Å². The lowest BCUT2D eigenvalue weighted by atomic mass is 10.0. The Hall–Kier alpha value is -2.04. The number of benzene rings is 2. The Kier molecular flexibility index (Phi) is 8.34. The molecule has 150 valence electrons. The fraction of sp³-hybridized carbons (Fsp3) is 0.364. The second-order valence-electron chi connectivity index (χ2n) is 6.98. The Morgan fingerprint density at radius 3 is 2.32 bits per heavy atom. The minimum absolute atomic E-state index is 0.0246. The summed E-state index contributed by atoms with van der Waals surface area (Å²) < 4.78 is 0. The van der Waals surface area contributed by atoms with Crippen molar-refractivity contribution in [2.45, 2.75) is 52.2 Å². The molecule has 1 N–H and O–H groups in total. The lowest BCUT2D eigenvalue weighted by Gasteiger charge is -2.32. The van der Waals surface area contributed by atoms with E-state index in [-0.39, 0.29) is 24.4 Å². The topological polar surface area (TPSA) is 49.4 Å². The minimum Gasteiger partial charge on any atom is -0.352 e. The van der Waals surface area contributed by atoms with E-state index in [4.69, 9.17) is 23.2 Å². The van der Waals surface area contributed by atoms with E-state index >= 15 is 0 Å². The highest BCUT2D eigenvalue weighted by molar-refractivity contribution is 6.35. The van der Waals surface area contributed by atoms with Gasteiger partial charge in [0.15, 0.2) is 0 Å². The van der Waals surface area contributed by atoms with Crippen LogP contribution in [0, 0.1) is 0 Å². The van der Waals surface area contributed by atoms with E-state index in [0.717, 1.165) is 11.1 Å². The standard InChI is InChI=1S/C22H26Cl2N2O2/c1-4-21(27)26(14-17-10-11-18(23)13-19(17)24)20(22(28)25-15(2)3)12-16-8-6-5-7-9-16/h5-11,13,15,20H,4,12,14H2,1-3H3,(H,25,28). The molecule has 0 aliphatic rings. The van der Waals surface area contributed by atoms with Crippen molar-refractivity contribution < 1.29 is 9.59 Å². The number of hydrogen-bond donors (Lipinski definition) is 1. The first-order valence-electron chi connectivity index (χ1n) is 9.39. The summed E-state index contributed by atoms with van der Waals surface area (Å²) in [5.74, 6) is -0.281. The van der Waals surface area contributed by atoms with Crippen molar-refractivity contribution in [1.29, 1.82) is 0 Å². The first-order valence-corrected chi connectivity index (χ1v) is 10.1. The van der Waals surface area contributed by atoms with Crippen molar-refractivity contribution >= 4 is 35.0 Å². The van der Waals surface area contributed by atoms with Crippen molar-refractivity contribution in [3.8, 4) is 0 Å². The van der Waals surface area contributed by atoms with E-state index in [1.54, 1.807) is 30.0 Å². The molecule has 28 heavy (non-hydrogen) atoms. The third-order valence-electron chi connectivity index (χ3n) is 4.36. The van der Waals surface area contributed by atoms with Crippen LogP contribution in [0.2, 0.25) is 10.0 Å². The van der Waals surface area contributed by atoms with Crippen LogP contribution in [-0.2, 0) is 22.6 Å². The number of carbonyl (C=O) groups is 2. The summed E-state index contributed by atoms with van der Waals surface area (Å²) in [7, 11) is 0. The Labute approximate surface area is 176 Å². The average Bonchev–Trinajstić information content (AvgIpc) is 2.65. The Bertz CT molecular complexity index is 809. The Morgan fingerprint density at radius 2 is 1.75 bits per heavy atom. The second kappa shape index (κ2) is 10.5. The van der Waals surface area contributed by atoms with Crippen LogP contribution in [0.5, 0.6) is 0 Å². The molecule has 2 aromatic carbocycles. The fourth-order valence-corrected chi connectivity index (χ4v) is 3.44. The van der Waals surface area contributed by atoms with Crippen LogP contribution in [0.25, 0.3) is 0 Å². The van der Waals surface area contributed by atoms with Gasteiger partial charge in [0.2, 0.25) is 11.8 Å². The third kappa shape index (κ3) is 6.25. The number of hydrogen-bond acceptors (Lipinski definition) is 2. The molecule has 0 aliphatic heterocycles. The quantitative estimate of drug-likeness (QED) is 0.661. The van der Waals surface area contributed by atoms with Gasteiger partial charge >= 0.3 is 0 Å². The van der Waals surface area contributed by atoms with Gasteiger partial charge in [0, 0.05) is 35.5 Å². The zero-order chi connectivity index (χ0) is 20.7. The van der Waals surface area contributed by atoms with E-state index in [2.05, 4.69) is 5.32 Å². The molecule has 4 nitrogen and oxygen atoms in total. The first-order chi connectivity index (χ1) is 13.3. The SMILES string of the molecule is CCC(=O)N(Cc1ccc(Cl)cc1Cl)C(Cc1ccccc1)C(=O)NC(C)C. The maximum Gasteiger partial charge on any atom is 0.243 e. The van der Waals surface area contributed by atoms with Gasteiger partial charge in [0.25, 0.3) is 0 Å². The van der Waals surface area contributed by atoms with Gasteiger partial charge in [-0.3, -0.25) is 9.59 Å². The zero-order valence-corrected chi connectivity index (χ0v) is 17.9. The number of nitrogens with one attached hydrogen (secondary N) is 1. The Balaban J connectivity index is 2.39. The van der Waals surface area contributed by atoms with Crippen LogP contribution in [0.15, 0.2) is 48.5 Å². The van der Waals surface area contributed by atoms with Crippen LogP contribution >= 0.6 is 23.2 Å². The molecule has 0 heterocycles. The zero-order valence-electron chi connectivity index (χ0n) is 16.4. The molecule has 0 aliphatic carbocycles. The highest BCUT2D eigenvalue weighted by atomic mass is 35.5. The van der Waals surface area contributed by atoms with Crippen LogP contribution in [-0.4, -0.2) is 28.8 Å². The normalized spacial score (nSPS) is 11.9. The molecular weight excluding hydrogens is 395 g/mol. The van der Waals surface area contributed by atoms with Gasteiger partial charge in [0.1, 0.15) is 6.04 Å². The lowest BCUT2D eigenvalue weighted by Crippen LogP contribution is -2.51. The summed E-state index contributed by atoms with van der Waals surface area (Å²) in [6, 6.07) is 14.2. The first kappa shape index (κ1) is 22.3. The molecule has 0 bridgehead atoms. The van der Waals surface area contributed by atoms with Crippen molar-refractivity contribution in [3.63, 3.8) is 0 Å². The predicted octanol–water partition coefficient (Wildman–Crippen LogP) is 4.87. The summed E-state index contributed by atoms with van der Waals surface area (Å²) in [4.78, 5) is 27.4. The highest BCUT2D eigenvalue weighted by Gasteiger charge is 2.30. The molecule has 0 saturated heterocycles. The van der Waals surface area contributed by atoms with Gasteiger partial charge in [-0.2, -0.15) is 0 Å². The molecule has 1 unspecified atom stereocenters. The van der Waals surface area contributed by atoms with E-state index in [0.29, 0.717) is 22.9 Å². The van der Waals surface area contributed by atoms with Gasteiger partial charge in [0.05, 0.1) is 0 Å². The van der Waals surface area contributed by atoms with Gasteiger partial charge in [-0.1, -0.05) is 66.5 Å². The molecule has 0 saturated carbocycles. The van der Waals surface area contributed by atoms with Gasteiger partial charge in [-0.15, -0.1) is 0 Å². The van der Waals surface area contributed by atoms with Crippen molar-refractivity contribution in [3.05, 3.63) is 69.7 Å². The summed E-state index contributed by atoms with van der Waals surface area (Å²) in [5, 5.41) is 3.95. The van der Waals surface area contributed by atoms with Crippen LogP contribution in [0.1, 0.15) is 38.3 Å². The van der Waals surface area contributed by atoms with Gasteiger partial charge in [-0.25, -0.2) is 0 Å². The molecule has 2 amide bonds. The van der Waals surface area contributed by atoms with Gasteiger partial charge < -0.3 is 10.2 Å². The maximum absolute atomic E-state index is 13.0. The number of rotatable bonds is 8. The Morgan fingerprint density at radius 1 is 1.07 bits per heavy atom. The van der Waals surface area contributed by atoms with Gasteiger partial charge in [-0.05, 0) is 37.1 Å². The van der Waals surface area contributed by atoms with Crippen LogP contribution < -0.4 is 5.32 Å². The monoisotopic (exact) mass is 420 g/mol. The number of halogens is 2. The number of carbonyl (C=O) groups excluding carboxylic acids is 2. The molecule has 2 aromatic rings. The van der Waals surface area contributed by atoms with E-state index in [1.165, 1.54) is 0 Å². The molecule has 0 aromatic heterocycles. The second-order valence-corrected chi connectivity index (χ2v) is 7.82. The molecule has 1 atom stereocenters. The smallest absolute Gasteiger partial charge is 0.243 e. The number of amides is 2. The average molecular weight is 421 g/mol. The molecule has 0 spiro atoms. The van der Waals surface area contributed by atoms with Crippen molar-refractivity contribution in [2.75, 3.05) is 0 Å². The maximum atomic E-state index is 13.0. The lowest BCUT2D eigenvalue weighted by molar-refractivity contribution is -0.141. The van der Waals surface area contributed by atoms with Crippen molar-refractivity contribution in [1.82, 2.24) is 10.2 Å². The van der Waals surface area contributed by atoms with Crippen molar-refractivity contribution in [2.24, 2.45) is 0 Å². The summed E-state index contributed by atoms with van der Waals surface area (Å²) in [5.41, 5.74) is 1.74. The largest absolute Gasteiger partial charge is 0.352 e. The minimum atomic E-state index is -0.635. The molecule has 0 radical (unpaired) electrons. The van der Waals surface area contributed by atoms with E-state index in [9.17, 15) is 9.59 Å². The summed E-state index contributed by atoms with van der Waals surface area (Å²) in [6.45, 7) is 5.84. The predicted molar refractivity (Wildman–Crippen MR) is 115 cm³/mol. The summed E-state index contributed by atoms with van der Waals surface area (Å²) in [6.07, 6.45) is 0.724.